The lowest BCUT2D eigenvalue weighted by Crippen LogP contribution is -2.19. The number of hydrogen-bond acceptors (Lipinski definition) is 2. The van der Waals surface area contributed by atoms with E-state index in [1.54, 1.807) is 12.1 Å². The highest BCUT2D eigenvalue weighted by Crippen LogP contribution is 2.18. The molecule has 0 aliphatic rings. The molecule has 0 spiro atoms. The summed E-state index contributed by atoms with van der Waals surface area (Å²) >= 11 is 0. The number of ether oxygens (including phenoxy) is 1. The van der Waals surface area contributed by atoms with Crippen molar-refractivity contribution in [1.29, 1.82) is 0 Å². The summed E-state index contributed by atoms with van der Waals surface area (Å²) in [6.45, 7) is -0.916. The van der Waals surface area contributed by atoms with Crippen LogP contribution in [0.1, 0.15) is 5.56 Å². The monoisotopic (exact) mass is 292 g/mol. The third-order valence-corrected chi connectivity index (χ3v) is 2.65. The highest BCUT2D eigenvalue weighted by molar-refractivity contribution is 5.99. The summed E-state index contributed by atoms with van der Waals surface area (Å²) in [5.41, 5.74) is 2.23. The quantitative estimate of drug-likeness (QED) is 0.885. The Balaban J connectivity index is 1.91. The van der Waals surface area contributed by atoms with Gasteiger partial charge in [-0.2, -0.15) is 8.78 Å². The van der Waals surface area contributed by atoms with Crippen LogP contribution in [0.25, 0.3) is 0 Å². The lowest BCUT2D eigenvalue weighted by molar-refractivity contribution is -0.0498. The van der Waals surface area contributed by atoms with E-state index in [9.17, 15) is 13.6 Å². The fourth-order valence-electron chi connectivity index (χ4n) is 1.65. The van der Waals surface area contributed by atoms with Crippen LogP contribution in [0.3, 0.4) is 0 Å². The Morgan fingerprint density at radius 1 is 0.952 bits per heavy atom. The van der Waals surface area contributed by atoms with Crippen LogP contribution >= 0.6 is 0 Å². The summed E-state index contributed by atoms with van der Waals surface area (Å²) in [5.74, 6) is 0.0366. The first-order valence-electron chi connectivity index (χ1n) is 6.22. The standard InChI is InChI=1S/C15H14F2N2O2/c1-10-2-4-11(5-3-10)18-15(20)19-12-6-8-13(9-7-12)21-14(16)17/h2-9,14H,1H3,(H2,18,19,20). The molecule has 0 aromatic heterocycles. The predicted octanol–water partition coefficient (Wildman–Crippen LogP) is 4.24. The summed E-state index contributed by atoms with van der Waals surface area (Å²) < 4.78 is 28.2. The van der Waals surface area contributed by atoms with Gasteiger partial charge in [-0.1, -0.05) is 17.7 Å². The van der Waals surface area contributed by atoms with E-state index >= 15 is 0 Å². The number of anilines is 2. The van der Waals surface area contributed by atoms with Crippen LogP contribution in [-0.2, 0) is 0 Å². The first kappa shape index (κ1) is 14.8. The Morgan fingerprint density at radius 3 is 1.90 bits per heavy atom. The molecule has 0 unspecified atom stereocenters. The summed E-state index contributed by atoms with van der Waals surface area (Å²) in [6, 6.07) is 12.6. The fourth-order valence-corrected chi connectivity index (χ4v) is 1.65. The second kappa shape index (κ2) is 6.69. The normalized spacial score (nSPS) is 10.3. The molecule has 2 rings (SSSR count). The van der Waals surface area contributed by atoms with Crippen LogP contribution in [0, 0.1) is 6.92 Å². The average Bonchev–Trinajstić information content (AvgIpc) is 2.43. The van der Waals surface area contributed by atoms with Crippen molar-refractivity contribution < 1.29 is 18.3 Å². The lowest BCUT2D eigenvalue weighted by Gasteiger charge is -2.09. The topological polar surface area (TPSA) is 50.4 Å². The van der Waals surface area contributed by atoms with Crippen molar-refractivity contribution in [3.63, 3.8) is 0 Å². The van der Waals surface area contributed by atoms with E-state index < -0.39 is 12.6 Å². The maximum Gasteiger partial charge on any atom is 0.387 e. The van der Waals surface area contributed by atoms with Crippen LogP contribution in [0.2, 0.25) is 0 Å². The number of hydrogen-bond donors (Lipinski definition) is 2. The van der Waals surface area contributed by atoms with E-state index in [-0.39, 0.29) is 5.75 Å². The number of benzene rings is 2. The minimum absolute atomic E-state index is 0.0366. The van der Waals surface area contributed by atoms with Crippen molar-refractivity contribution in [3.05, 3.63) is 54.1 Å². The van der Waals surface area contributed by atoms with Gasteiger partial charge in [-0.3, -0.25) is 0 Å². The lowest BCUT2D eigenvalue weighted by atomic mass is 10.2. The van der Waals surface area contributed by atoms with E-state index in [0.717, 1.165) is 5.56 Å². The first-order chi connectivity index (χ1) is 10.0. The third-order valence-electron chi connectivity index (χ3n) is 2.65. The van der Waals surface area contributed by atoms with Crippen LogP contribution in [-0.4, -0.2) is 12.6 Å². The van der Waals surface area contributed by atoms with Crippen molar-refractivity contribution in [2.24, 2.45) is 0 Å². The Labute approximate surface area is 120 Å². The molecule has 2 aromatic carbocycles. The fraction of sp³-hybridized carbons (Fsp3) is 0.133. The van der Waals surface area contributed by atoms with E-state index in [0.29, 0.717) is 11.4 Å². The molecule has 110 valence electrons. The van der Waals surface area contributed by atoms with Gasteiger partial charge in [-0.25, -0.2) is 4.79 Å². The molecule has 0 fully saturated rings. The number of carbonyl (C=O) groups excluding carboxylic acids is 1. The van der Waals surface area contributed by atoms with Gasteiger partial charge in [0.2, 0.25) is 0 Å². The number of aryl methyl sites for hydroxylation is 1. The molecular weight excluding hydrogens is 278 g/mol. The zero-order valence-electron chi connectivity index (χ0n) is 11.3. The van der Waals surface area contributed by atoms with Crippen LogP contribution < -0.4 is 15.4 Å². The highest BCUT2D eigenvalue weighted by atomic mass is 19.3. The van der Waals surface area contributed by atoms with E-state index in [2.05, 4.69) is 15.4 Å². The van der Waals surface area contributed by atoms with E-state index in [1.165, 1.54) is 24.3 Å². The largest absolute Gasteiger partial charge is 0.435 e. The van der Waals surface area contributed by atoms with Gasteiger partial charge in [0.15, 0.2) is 0 Å². The first-order valence-corrected chi connectivity index (χ1v) is 6.22. The van der Waals surface area contributed by atoms with Crippen molar-refractivity contribution in [1.82, 2.24) is 0 Å². The number of urea groups is 1. The maximum absolute atomic E-state index is 12.0. The second-order valence-corrected chi connectivity index (χ2v) is 4.35. The third kappa shape index (κ3) is 4.76. The van der Waals surface area contributed by atoms with Gasteiger partial charge < -0.3 is 15.4 Å². The minimum Gasteiger partial charge on any atom is -0.435 e. The molecule has 21 heavy (non-hydrogen) atoms. The van der Waals surface area contributed by atoms with Crippen LogP contribution in [0.4, 0.5) is 25.0 Å². The van der Waals surface area contributed by atoms with Crippen LogP contribution in [0.5, 0.6) is 5.75 Å². The zero-order chi connectivity index (χ0) is 15.2. The Kier molecular flexibility index (Phi) is 4.71. The summed E-state index contributed by atoms with van der Waals surface area (Å²) in [6.07, 6.45) is 0. The number of rotatable bonds is 4. The van der Waals surface area contributed by atoms with E-state index in [4.69, 9.17) is 0 Å². The molecule has 2 aromatic rings. The van der Waals surface area contributed by atoms with Crippen molar-refractivity contribution >= 4 is 17.4 Å². The van der Waals surface area contributed by atoms with Gasteiger partial charge in [0.25, 0.3) is 0 Å². The van der Waals surface area contributed by atoms with Crippen molar-refractivity contribution in [3.8, 4) is 5.75 Å². The van der Waals surface area contributed by atoms with Gasteiger partial charge >= 0.3 is 12.6 Å². The molecule has 2 N–H and O–H groups in total. The van der Waals surface area contributed by atoms with Gasteiger partial charge in [-0.05, 0) is 43.3 Å². The highest BCUT2D eigenvalue weighted by Gasteiger charge is 2.05. The Bertz CT molecular complexity index is 598. The molecule has 0 bridgehead atoms. The van der Waals surface area contributed by atoms with Gasteiger partial charge in [-0.15, -0.1) is 0 Å². The number of halogens is 2. The molecule has 0 radical (unpaired) electrons. The number of amides is 2. The van der Waals surface area contributed by atoms with Crippen molar-refractivity contribution in [2.45, 2.75) is 13.5 Å². The smallest absolute Gasteiger partial charge is 0.387 e. The number of nitrogens with one attached hydrogen (secondary N) is 2. The van der Waals surface area contributed by atoms with Crippen molar-refractivity contribution in [2.75, 3.05) is 10.6 Å². The molecule has 0 aliphatic heterocycles. The SMILES string of the molecule is Cc1ccc(NC(=O)Nc2ccc(OC(F)F)cc2)cc1. The zero-order valence-corrected chi connectivity index (χ0v) is 11.3. The maximum atomic E-state index is 12.0. The number of alkyl halides is 2. The van der Waals surface area contributed by atoms with Crippen LogP contribution in [0.15, 0.2) is 48.5 Å². The molecule has 0 saturated heterocycles. The van der Waals surface area contributed by atoms with Gasteiger partial charge in [0.05, 0.1) is 0 Å². The summed E-state index contributed by atoms with van der Waals surface area (Å²) in [7, 11) is 0. The molecule has 0 saturated carbocycles. The Hall–Kier alpha value is -2.63. The molecule has 0 atom stereocenters. The average molecular weight is 292 g/mol. The number of carbonyl (C=O) groups is 1. The molecule has 4 nitrogen and oxygen atoms in total. The summed E-state index contributed by atoms with van der Waals surface area (Å²) in [5, 5.41) is 5.26. The summed E-state index contributed by atoms with van der Waals surface area (Å²) in [4.78, 5) is 11.8. The van der Waals surface area contributed by atoms with Gasteiger partial charge in [0, 0.05) is 11.4 Å². The second-order valence-electron chi connectivity index (χ2n) is 4.35. The molecular formula is C15H14F2N2O2. The Morgan fingerprint density at radius 2 is 1.43 bits per heavy atom. The predicted molar refractivity (Wildman–Crippen MR) is 76.9 cm³/mol. The molecule has 0 aliphatic carbocycles. The molecule has 0 heterocycles. The molecule has 6 heteroatoms. The van der Waals surface area contributed by atoms with E-state index in [1.807, 2.05) is 19.1 Å². The van der Waals surface area contributed by atoms with Gasteiger partial charge in [0.1, 0.15) is 5.75 Å². The minimum atomic E-state index is -2.87. The molecule has 2 amide bonds.